The molecular formula is C40H28N2. The van der Waals surface area contributed by atoms with E-state index in [1.807, 2.05) is 24.5 Å². The van der Waals surface area contributed by atoms with Crippen molar-refractivity contribution >= 4 is 32.3 Å². The van der Waals surface area contributed by atoms with Crippen LogP contribution in [0.1, 0.15) is 11.1 Å². The first-order chi connectivity index (χ1) is 20.7. The molecule has 0 atom stereocenters. The normalized spacial score (nSPS) is 11.6. The van der Waals surface area contributed by atoms with Crippen molar-refractivity contribution in [3.63, 3.8) is 0 Å². The first-order valence-electron chi connectivity index (χ1n) is 14.4. The van der Waals surface area contributed by atoms with E-state index in [0.29, 0.717) is 0 Å². The van der Waals surface area contributed by atoms with Gasteiger partial charge >= 0.3 is 0 Å². The average Bonchev–Trinajstić information content (AvgIpc) is 3.04. The van der Waals surface area contributed by atoms with Crippen LogP contribution in [0, 0.1) is 13.8 Å². The van der Waals surface area contributed by atoms with Crippen LogP contribution in [0.2, 0.25) is 0 Å². The topological polar surface area (TPSA) is 25.8 Å². The molecule has 0 fully saturated rings. The standard InChI is InChI=1S/C40H28N2/c1-25-9-13-27(14-10-25)33-23-29-17-20-32-38-30(18-19-31(37(29)38)39(33)35-7-3-5-21-41-35)24-34(28-15-11-26(2)12-16-28)40(32)36-8-4-6-22-42-36/h3-24H,1-2H3. The van der Waals surface area contributed by atoms with Gasteiger partial charge in [-0.05, 0) is 105 Å². The van der Waals surface area contributed by atoms with Crippen LogP contribution >= 0.6 is 0 Å². The lowest BCUT2D eigenvalue weighted by Crippen LogP contribution is -1.96. The van der Waals surface area contributed by atoms with E-state index in [4.69, 9.17) is 9.97 Å². The molecule has 8 aromatic rings. The Morgan fingerprint density at radius 2 is 0.857 bits per heavy atom. The van der Waals surface area contributed by atoms with Gasteiger partial charge in [-0.3, -0.25) is 9.97 Å². The number of aryl methyl sites for hydroxylation is 2. The molecule has 2 aromatic heterocycles. The van der Waals surface area contributed by atoms with Crippen molar-refractivity contribution in [2.45, 2.75) is 13.8 Å². The molecule has 2 heteroatoms. The molecule has 0 aliphatic carbocycles. The Hall–Kier alpha value is -5.34. The molecule has 0 bridgehead atoms. The van der Waals surface area contributed by atoms with Gasteiger partial charge < -0.3 is 0 Å². The Bertz CT molecular complexity index is 2050. The SMILES string of the molecule is Cc1ccc(-c2cc3ccc4c(-c5ccccn5)c(-c5ccc(C)cc5)cc5ccc(c2-c2ccccn2)c3c54)cc1. The molecule has 0 N–H and O–H groups in total. The van der Waals surface area contributed by atoms with E-state index in [1.165, 1.54) is 76.8 Å². The highest BCUT2D eigenvalue weighted by Crippen LogP contribution is 2.48. The van der Waals surface area contributed by atoms with E-state index in [0.717, 1.165) is 11.4 Å². The zero-order valence-electron chi connectivity index (χ0n) is 23.6. The van der Waals surface area contributed by atoms with Crippen molar-refractivity contribution < 1.29 is 0 Å². The Morgan fingerprint density at radius 1 is 0.429 bits per heavy atom. The zero-order chi connectivity index (χ0) is 28.2. The van der Waals surface area contributed by atoms with Crippen LogP contribution in [0.3, 0.4) is 0 Å². The molecule has 6 aromatic carbocycles. The van der Waals surface area contributed by atoms with Crippen molar-refractivity contribution in [1.82, 2.24) is 9.97 Å². The number of aromatic nitrogens is 2. The maximum absolute atomic E-state index is 4.85. The maximum Gasteiger partial charge on any atom is 0.0714 e. The van der Waals surface area contributed by atoms with Gasteiger partial charge in [-0.25, -0.2) is 0 Å². The predicted molar refractivity (Wildman–Crippen MR) is 177 cm³/mol. The van der Waals surface area contributed by atoms with E-state index in [1.54, 1.807) is 0 Å². The molecular weight excluding hydrogens is 508 g/mol. The second-order valence-corrected chi connectivity index (χ2v) is 11.2. The lowest BCUT2D eigenvalue weighted by molar-refractivity contribution is 1.33. The predicted octanol–water partition coefficient (Wildman–Crippen LogP) is 10.7. The molecule has 0 aliphatic rings. The summed E-state index contributed by atoms with van der Waals surface area (Å²) in [6.45, 7) is 4.27. The van der Waals surface area contributed by atoms with Crippen LogP contribution in [0.5, 0.6) is 0 Å². The quantitative estimate of drug-likeness (QED) is 0.209. The largest absolute Gasteiger partial charge is 0.256 e. The zero-order valence-corrected chi connectivity index (χ0v) is 23.6. The molecule has 2 nitrogen and oxygen atoms in total. The lowest BCUT2D eigenvalue weighted by atomic mass is 9.83. The minimum Gasteiger partial charge on any atom is -0.256 e. The molecule has 0 aliphatic heterocycles. The molecule has 198 valence electrons. The van der Waals surface area contributed by atoms with Gasteiger partial charge in [0.1, 0.15) is 0 Å². The highest BCUT2D eigenvalue weighted by molar-refractivity contribution is 6.30. The van der Waals surface area contributed by atoms with Gasteiger partial charge in [-0.1, -0.05) is 96.1 Å². The number of pyridine rings is 2. The molecule has 0 amide bonds. The smallest absolute Gasteiger partial charge is 0.0714 e. The van der Waals surface area contributed by atoms with E-state index in [9.17, 15) is 0 Å². The van der Waals surface area contributed by atoms with Crippen LogP contribution in [-0.2, 0) is 0 Å². The fourth-order valence-electron chi connectivity index (χ4n) is 6.45. The molecule has 42 heavy (non-hydrogen) atoms. The third-order valence-electron chi connectivity index (χ3n) is 8.47. The van der Waals surface area contributed by atoms with Gasteiger partial charge in [-0.15, -0.1) is 0 Å². The Labute approximate surface area is 245 Å². The number of hydrogen-bond donors (Lipinski definition) is 0. The van der Waals surface area contributed by atoms with Crippen LogP contribution in [0.25, 0.3) is 77.1 Å². The Kier molecular flexibility index (Phi) is 5.61. The first kappa shape index (κ1) is 24.5. The van der Waals surface area contributed by atoms with E-state index in [2.05, 4.69) is 123 Å². The summed E-state index contributed by atoms with van der Waals surface area (Å²) in [5.41, 5.74) is 11.6. The van der Waals surface area contributed by atoms with E-state index in [-0.39, 0.29) is 0 Å². The summed E-state index contributed by atoms with van der Waals surface area (Å²) in [4.78, 5) is 9.70. The average molecular weight is 537 g/mol. The maximum atomic E-state index is 4.85. The molecule has 0 spiro atoms. The van der Waals surface area contributed by atoms with Crippen molar-refractivity contribution in [2.24, 2.45) is 0 Å². The monoisotopic (exact) mass is 536 g/mol. The summed E-state index contributed by atoms with van der Waals surface area (Å²) < 4.78 is 0. The van der Waals surface area contributed by atoms with Gasteiger partial charge in [0.25, 0.3) is 0 Å². The van der Waals surface area contributed by atoms with Crippen LogP contribution < -0.4 is 0 Å². The summed E-state index contributed by atoms with van der Waals surface area (Å²) in [5, 5.41) is 7.44. The first-order valence-corrected chi connectivity index (χ1v) is 14.4. The fraction of sp³-hybridized carbons (Fsp3) is 0.0500. The molecule has 0 saturated carbocycles. The summed E-state index contributed by atoms with van der Waals surface area (Å²) in [6, 6.07) is 43.9. The number of nitrogens with zero attached hydrogens (tertiary/aromatic N) is 2. The van der Waals surface area contributed by atoms with Crippen LogP contribution in [-0.4, -0.2) is 9.97 Å². The third kappa shape index (κ3) is 3.88. The summed E-state index contributed by atoms with van der Waals surface area (Å²) in [6.07, 6.45) is 3.78. The number of hydrogen-bond acceptors (Lipinski definition) is 2. The fourth-order valence-corrected chi connectivity index (χ4v) is 6.45. The van der Waals surface area contributed by atoms with Crippen molar-refractivity contribution in [2.75, 3.05) is 0 Å². The minimum absolute atomic E-state index is 0.983. The molecule has 0 unspecified atom stereocenters. The van der Waals surface area contributed by atoms with Crippen LogP contribution in [0.15, 0.2) is 134 Å². The second kappa shape index (κ2) is 9.64. The van der Waals surface area contributed by atoms with Crippen molar-refractivity contribution in [1.29, 1.82) is 0 Å². The highest BCUT2D eigenvalue weighted by Gasteiger charge is 2.21. The van der Waals surface area contributed by atoms with Gasteiger partial charge in [0.05, 0.1) is 11.4 Å². The second-order valence-electron chi connectivity index (χ2n) is 11.2. The van der Waals surface area contributed by atoms with E-state index >= 15 is 0 Å². The molecule has 0 radical (unpaired) electrons. The Morgan fingerprint density at radius 3 is 1.24 bits per heavy atom. The molecule has 0 saturated heterocycles. The van der Waals surface area contributed by atoms with Gasteiger partial charge in [0, 0.05) is 23.5 Å². The van der Waals surface area contributed by atoms with Crippen molar-refractivity contribution in [3.8, 4) is 44.8 Å². The lowest BCUT2D eigenvalue weighted by Gasteiger charge is -2.21. The van der Waals surface area contributed by atoms with Gasteiger partial charge in [-0.2, -0.15) is 0 Å². The molecule has 2 heterocycles. The third-order valence-corrected chi connectivity index (χ3v) is 8.47. The number of benzene rings is 6. The van der Waals surface area contributed by atoms with Gasteiger partial charge in [0.2, 0.25) is 0 Å². The van der Waals surface area contributed by atoms with E-state index < -0.39 is 0 Å². The number of rotatable bonds is 4. The van der Waals surface area contributed by atoms with Crippen LogP contribution in [0.4, 0.5) is 0 Å². The Balaban J connectivity index is 1.52. The summed E-state index contributed by atoms with van der Waals surface area (Å²) >= 11 is 0. The summed E-state index contributed by atoms with van der Waals surface area (Å²) in [7, 11) is 0. The van der Waals surface area contributed by atoms with Gasteiger partial charge in [0.15, 0.2) is 0 Å². The van der Waals surface area contributed by atoms with Crippen molar-refractivity contribution in [3.05, 3.63) is 145 Å². The molecule has 8 rings (SSSR count). The minimum atomic E-state index is 0.983. The summed E-state index contributed by atoms with van der Waals surface area (Å²) in [5.74, 6) is 0. The highest BCUT2D eigenvalue weighted by atomic mass is 14.7.